The van der Waals surface area contributed by atoms with E-state index in [-0.39, 0.29) is 22.9 Å². The van der Waals surface area contributed by atoms with Crippen molar-refractivity contribution in [3.63, 3.8) is 0 Å². The Bertz CT molecular complexity index is 815. The van der Waals surface area contributed by atoms with E-state index in [0.29, 0.717) is 17.8 Å². The summed E-state index contributed by atoms with van der Waals surface area (Å²) in [5, 5.41) is 61.3. The van der Waals surface area contributed by atoms with E-state index >= 15 is 0 Å². The number of hydrogen-bond donors (Lipinski definition) is 6. The van der Waals surface area contributed by atoms with Gasteiger partial charge < -0.3 is 40.1 Å². The lowest BCUT2D eigenvalue weighted by molar-refractivity contribution is -0.313. The Kier molecular flexibility index (Phi) is 6.93. The molecule has 1 saturated heterocycles. The number of rotatable bonds is 4. The fourth-order valence-corrected chi connectivity index (χ4v) is 9.04. The number of fused-ring (bicyclic) bond motifs is 5. The number of allylic oxidation sites excluding steroid dienone is 1. The van der Waals surface area contributed by atoms with Crippen LogP contribution in [0, 0.1) is 34.5 Å². The minimum atomic E-state index is -1.43. The second-order valence-corrected chi connectivity index (χ2v) is 12.6. The van der Waals surface area contributed by atoms with E-state index in [2.05, 4.69) is 19.9 Å². The molecule has 0 aromatic carbocycles. The van der Waals surface area contributed by atoms with E-state index in [1.54, 1.807) is 0 Å². The highest BCUT2D eigenvalue weighted by Gasteiger charge is 2.62. The molecule has 6 N–H and O–H groups in total. The first-order valence-corrected chi connectivity index (χ1v) is 13.5. The maximum Gasteiger partial charge on any atom is 0.186 e. The summed E-state index contributed by atoms with van der Waals surface area (Å²) in [7, 11) is 0. The molecule has 0 radical (unpaired) electrons. The zero-order chi connectivity index (χ0) is 25.3. The molecular formula is C27H44O8. The molecule has 1 heterocycles. The molecule has 0 bridgehead atoms. The van der Waals surface area contributed by atoms with Crippen molar-refractivity contribution in [1.82, 2.24) is 0 Å². The van der Waals surface area contributed by atoms with Gasteiger partial charge in [-0.05, 0) is 80.5 Å². The van der Waals surface area contributed by atoms with Crippen LogP contribution in [0.5, 0.6) is 0 Å². The van der Waals surface area contributed by atoms with Gasteiger partial charge in [0.2, 0.25) is 0 Å². The topological polar surface area (TPSA) is 140 Å². The Morgan fingerprint density at radius 2 is 1.80 bits per heavy atom. The quantitative estimate of drug-likeness (QED) is 0.318. The summed E-state index contributed by atoms with van der Waals surface area (Å²) >= 11 is 0. The van der Waals surface area contributed by atoms with Crippen molar-refractivity contribution in [3.05, 3.63) is 11.6 Å². The number of hydrogen-bond acceptors (Lipinski definition) is 8. The molecule has 3 saturated carbocycles. The lowest BCUT2D eigenvalue weighted by Gasteiger charge is -2.58. The summed E-state index contributed by atoms with van der Waals surface area (Å²) in [4.78, 5) is 0. The first kappa shape index (κ1) is 26.0. The Balaban J connectivity index is 1.30. The normalized spacial score (nSPS) is 54.9. The van der Waals surface area contributed by atoms with Crippen molar-refractivity contribution in [2.75, 3.05) is 6.61 Å². The number of aliphatic hydroxyl groups excluding tert-OH is 6. The van der Waals surface area contributed by atoms with Crippen molar-refractivity contribution in [2.24, 2.45) is 34.5 Å². The maximum absolute atomic E-state index is 10.9. The fourth-order valence-electron chi connectivity index (χ4n) is 9.04. The largest absolute Gasteiger partial charge is 0.394 e. The van der Waals surface area contributed by atoms with Crippen LogP contribution in [0.3, 0.4) is 0 Å². The van der Waals surface area contributed by atoms with Crippen LogP contribution in [-0.4, -0.2) is 86.3 Å². The van der Waals surface area contributed by atoms with Crippen LogP contribution < -0.4 is 0 Å². The highest BCUT2D eigenvalue weighted by Crippen LogP contribution is 2.66. The monoisotopic (exact) mass is 496 g/mol. The van der Waals surface area contributed by atoms with Gasteiger partial charge in [-0.25, -0.2) is 0 Å². The second-order valence-electron chi connectivity index (χ2n) is 12.6. The molecule has 35 heavy (non-hydrogen) atoms. The minimum Gasteiger partial charge on any atom is -0.394 e. The zero-order valence-electron chi connectivity index (χ0n) is 21.2. The molecule has 0 unspecified atom stereocenters. The lowest BCUT2D eigenvalue weighted by atomic mass is 9.47. The van der Waals surface area contributed by atoms with Gasteiger partial charge in [0.1, 0.15) is 24.4 Å². The molecule has 5 aliphatic rings. The Morgan fingerprint density at radius 1 is 1.06 bits per heavy atom. The van der Waals surface area contributed by atoms with Gasteiger partial charge in [-0.2, -0.15) is 0 Å². The van der Waals surface area contributed by atoms with E-state index < -0.39 is 49.5 Å². The average Bonchev–Trinajstić information content (AvgIpc) is 3.09. The molecule has 0 aromatic rings. The molecule has 1 aliphatic heterocycles. The first-order chi connectivity index (χ1) is 16.5. The van der Waals surface area contributed by atoms with Gasteiger partial charge in [-0.1, -0.05) is 25.5 Å². The molecule has 200 valence electrons. The molecule has 0 aromatic heterocycles. The lowest BCUT2D eigenvalue weighted by Crippen LogP contribution is -2.60. The van der Waals surface area contributed by atoms with Crippen molar-refractivity contribution in [1.29, 1.82) is 0 Å². The zero-order valence-corrected chi connectivity index (χ0v) is 21.2. The Hall–Kier alpha value is -0.580. The predicted molar refractivity (Wildman–Crippen MR) is 127 cm³/mol. The van der Waals surface area contributed by atoms with Crippen LogP contribution in [0.15, 0.2) is 11.6 Å². The van der Waals surface area contributed by atoms with Crippen LogP contribution in [0.25, 0.3) is 0 Å². The van der Waals surface area contributed by atoms with E-state index in [1.165, 1.54) is 5.57 Å². The van der Waals surface area contributed by atoms with E-state index in [1.807, 2.05) is 6.92 Å². The summed E-state index contributed by atoms with van der Waals surface area (Å²) < 4.78 is 11.7. The van der Waals surface area contributed by atoms with E-state index in [9.17, 15) is 30.6 Å². The van der Waals surface area contributed by atoms with Crippen molar-refractivity contribution < 1.29 is 40.1 Å². The van der Waals surface area contributed by atoms with Crippen molar-refractivity contribution in [2.45, 2.75) is 115 Å². The van der Waals surface area contributed by atoms with Gasteiger partial charge >= 0.3 is 0 Å². The molecule has 0 amide bonds. The third-order valence-corrected chi connectivity index (χ3v) is 10.9. The summed E-state index contributed by atoms with van der Waals surface area (Å²) in [6, 6.07) is 0. The second kappa shape index (κ2) is 9.31. The molecule has 0 spiro atoms. The third-order valence-electron chi connectivity index (χ3n) is 10.9. The van der Waals surface area contributed by atoms with Gasteiger partial charge in [-0.3, -0.25) is 0 Å². The summed E-state index contributed by atoms with van der Waals surface area (Å²) in [5.74, 6) is 1.39. The molecule has 5 rings (SSSR count). The molecule has 4 aliphatic carbocycles. The summed E-state index contributed by atoms with van der Waals surface area (Å²) in [6.45, 7) is 6.02. The van der Waals surface area contributed by atoms with Gasteiger partial charge in [0, 0.05) is 5.92 Å². The summed E-state index contributed by atoms with van der Waals surface area (Å²) in [5.41, 5.74) is 1.42. The molecule has 8 heteroatoms. The molecule has 4 fully saturated rings. The van der Waals surface area contributed by atoms with Crippen molar-refractivity contribution in [3.8, 4) is 0 Å². The van der Waals surface area contributed by atoms with Gasteiger partial charge in [0.05, 0.1) is 24.9 Å². The van der Waals surface area contributed by atoms with Crippen LogP contribution >= 0.6 is 0 Å². The first-order valence-electron chi connectivity index (χ1n) is 13.5. The molecular weight excluding hydrogens is 452 g/mol. The third kappa shape index (κ3) is 4.04. The standard InChI is InChI=1S/C27H44O8/c1-13(29)21-19(30)11-18-16-5-4-14-10-15(6-8-26(14,2)17(16)7-9-27(18,21)3)34-25-24(33)23(32)22(31)20(12-28)35-25/h4,13,15-25,28-33H,5-12H2,1-3H3/t13-,15-,16+,17-,18-,19-,20+,21-,22+,23-,24+,25+,26-,27-/m0/s1. The predicted octanol–water partition coefficient (Wildman–Crippen LogP) is 1.10. The van der Waals surface area contributed by atoms with Gasteiger partial charge in [-0.15, -0.1) is 0 Å². The van der Waals surface area contributed by atoms with Gasteiger partial charge in [0.25, 0.3) is 0 Å². The number of ether oxygens (including phenoxy) is 2. The SMILES string of the molecule is C[C@H](O)[C@H]1[C@@H](O)C[C@H]2[C@@H]3CC=C4C[C@@H](O[C@@H]5O[C@H](CO)[C@@H](O)[C@H](O)[C@H]5O)CC[C@]4(C)[C@H]3CC[C@]12C. The van der Waals surface area contributed by atoms with Crippen LogP contribution in [0.2, 0.25) is 0 Å². The van der Waals surface area contributed by atoms with Gasteiger partial charge in [0.15, 0.2) is 6.29 Å². The highest BCUT2D eigenvalue weighted by atomic mass is 16.7. The van der Waals surface area contributed by atoms with E-state index in [0.717, 1.165) is 44.9 Å². The fraction of sp³-hybridized carbons (Fsp3) is 0.926. The van der Waals surface area contributed by atoms with Crippen LogP contribution in [0.4, 0.5) is 0 Å². The highest BCUT2D eigenvalue weighted by molar-refractivity contribution is 5.26. The maximum atomic E-state index is 10.9. The Labute approximate surface area is 208 Å². The smallest absolute Gasteiger partial charge is 0.186 e. The van der Waals surface area contributed by atoms with Crippen LogP contribution in [-0.2, 0) is 9.47 Å². The number of aliphatic hydroxyl groups is 6. The summed E-state index contributed by atoms with van der Waals surface area (Å²) in [6.07, 6.45) is 1.35. The van der Waals surface area contributed by atoms with Crippen LogP contribution in [0.1, 0.15) is 65.7 Å². The average molecular weight is 497 g/mol. The molecule has 14 atom stereocenters. The van der Waals surface area contributed by atoms with E-state index in [4.69, 9.17) is 9.47 Å². The molecule has 8 nitrogen and oxygen atoms in total. The minimum absolute atomic E-state index is 0.0279. The Morgan fingerprint density at radius 3 is 2.49 bits per heavy atom. The van der Waals surface area contributed by atoms with Crippen molar-refractivity contribution >= 4 is 0 Å².